The van der Waals surface area contributed by atoms with E-state index >= 15 is 0 Å². The average Bonchev–Trinajstić information content (AvgIpc) is 2.64. The van der Waals surface area contributed by atoms with E-state index in [1.165, 1.54) is 12.1 Å². The van der Waals surface area contributed by atoms with Crippen LogP contribution in [0, 0.1) is 0 Å². The van der Waals surface area contributed by atoms with Crippen LogP contribution in [0.25, 0.3) is 0 Å². The summed E-state index contributed by atoms with van der Waals surface area (Å²) in [5.74, 6) is -0.955. The first-order valence-electron chi connectivity index (χ1n) is 7.38. The van der Waals surface area contributed by atoms with Gasteiger partial charge >= 0.3 is 5.97 Å². The highest BCUT2D eigenvalue weighted by Gasteiger charge is 2.08. The molecule has 2 aromatic carbocycles. The molecule has 3 rings (SSSR count). The van der Waals surface area contributed by atoms with Crippen LogP contribution >= 0.6 is 0 Å². The second-order valence-electron chi connectivity index (χ2n) is 5.04. The zero-order chi connectivity index (χ0) is 16.8. The maximum absolute atomic E-state index is 10.9. The van der Waals surface area contributed by atoms with Crippen LogP contribution in [0.3, 0.4) is 0 Å². The van der Waals surface area contributed by atoms with Crippen molar-refractivity contribution < 1.29 is 9.90 Å². The first kappa shape index (κ1) is 15.4. The van der Waals surface area contributed by atoms with Crippen LogP contribution in [0.2, 0.25) is 0 Å². The largest absolute Gasteiger partial charge is 0.478 e. The number of aromatic carboxylic acids is 1. The lowest BCUT2D eigenvalue weighted by molar-refractivity contribution is 0.0697. The van der Waals surface area contributed by atoms with Crippen molar-refractivity contribution in [1.82, 2.24) is 4.98 Å². The van der Waals surface area contributed by atoms with Gasteiger partial charge in [0.25, 0.3) is 0 Å². The van der Waals surface area contributed by atoms with Gasteiger partial charge < -0.3 is 5.11 Å². The number of carboxylic acid groups (broad SMARTS) is 1. The van der Waals surface area contributed by atoms with E-state index in [9.17, 15) is 4.79 Å². The highest BCUT2D eigenvalue weighted by molar-refractivity contribution is 6.11. The molecule has 0 saturated carbocycles. The van der Waals surface area contributed by atoms with Crippen molar-refractivity contribution in [2.24, 2.45) is 5.10 Å². The molecule has 0 amide bonds. The molecule has 1 aromatic heterocycles. The number of rotatable bonds is 5. The Kier molecular flexibility index (Phi) is 4.62. The third-order valence-electron chi connectivity index (χ3n) is 3.38. The minimum Gasteiger partial charge on any atom is -0.478 e. The van der Waals surface area contributed by atoms with Gasteiger partial charge in [-0.25, -0.2) is 4.79 Å². The van der Waals surface area contributed by atoms with Gasteiger partial charge in [0.05, 0.1) is 16.9 Å². The van der Waals surface area contributed by atoms with Gasteiger partial charge in [-0.3, -0.25) is 10.4 Å². The minimum atomic E-state index is -0.955. The fourth-order valence-electron chi connectivity index (χ4n) is 2.18. The number of carboxylic acids is 1. The van der Waals surface area contributed by atoms with Gasteiger partial charge in [0.1, 0.15) is 5.71 Å². The Morgan fingerprint density at radius 1 is 0.875 bits per heavy atom. The molecule has 0 aliphatic carbocycles. The summed E-state index contributed by atoms with van der Waals surface area (Å²) in [5.41, 5.74) is 6.29. The molecule has 2 N–H and O–H groups in total. The number of hydrogen-bond donors (Lipinski definition) is 2. The molecule has 0 spiro atoms. The smallest absolute Gasteiger partial charge is 0.335 e. The van der Waals surface area contributed by atoms with Gasteiger partial charge in [-0.05, 0) is 36.4 Å². The van der Waals surface area contributed by atoms with Gasteiger partial charge in [-0.15, -0.1) is 0 Å². The van der Waals surface area contributed by atoms with E-state index in [2.05, 4.69) is 15.5 Å². The maximum Gasteiger partial charge on any atom is 0.335 e. The molecule has 3 aromatic rings. The second-order valence-corrected chi connectivity index (χ2v) is 5.04. The maximum atomic E-state index is 10.9. The summed E-state index contributed by atoms with van der Waals surface area (Å²) in [4.78, 5) is 15.2. The van der Waals surface area contributed by atoms with Crippen LogP contribution in [0.5, 0.6) is 0 Å². The molecule has 0 bridgehead atoms. The SMILES string of the molecule is O=C(O)c1ccc(N/N=C(/c2ccccc2)c2ccccn2)cc1. The summed E-state index contributed by atoms with van der Waals surface area (Å²) in [7, 11) is 0. The van der Waals surface area contributed by atoms with E-state index in [0.29, 0.717) is 11.4 Å². The number of hydrazone groups is 1. The molecule has 1 heterocycles. The summed E-state index contributed by atoms with van der Waals surface area (Å²) in [5, 5.41) is 13.4. The standard InChI is InChI=1S/C19H15N3O2/c23-19(24)15-9-11-16(12-10-15)21-22-18(14-6-2-1-3-7-14)17-8-4-5-13-20-17/h1-13,21H,(H,23,24)/b22-18-. The van der Waals surface area contributed by atoms with E-state index in [1.807, 2.05) is 48.5 Å². The molecule has 0 aliphatic heterocycles. The Morgan fingerprint density at radius 2 is 1.58 bits per heavy atom. The normalized spacial score (nSPS) is 11.1. The van der Waals surface area contributed by atoms with Crippen molar-refractivity contribution in [3.63, 3.8) is 0 Å². The lowest BCUT2D eigenvalue weighted by Gasteiger charge is -2.08. The molecule has 5 heteroatoms. The third-order valence-corrected chi connectivity index (χ3v) is 3.38. The highest BCUT2D eigenvalue weighted by atomic mass is 16.4. The summed E-state index contributed by atoms with van der Waals surface area (Å²) in [6, 6.07) is 21.8. The molecule has 24 heavy (non-hydrogen) atoms. The lowest BCUT2D eigenvalue weighted by atomic mass is 10.1. The topological polar surface area (TPSA) is 74.6 Å². The molecule has 0 saturated heterocycles. The molecule has 118 valence electrons. The van der Waals surface area contributed by atoms with Crippen LogP contribution in [-0.4, -0.2) is 21.8 Å². The van der Waals surface area contributed by atoms with E-state index in [0.717, 1.165) is 11.3 Å². The van der Waals surface area contributed by atoms with E-state index < -0.39 is 5.97 Å². The monoisotopic (exact) mass is 317 g/mol. The Labute approximate surface area is 139 Å². The van der Waals surface area contributed by atoms with Crippen molar-refractivity contribution in [3.05, 3.63) is 95.8 Å². The number of nitrogens with one attached hydrogen (secondary N) is 1. The number of nitrogens with zero attached hydrogens (tertiary/aromatic N) is 2. The van der Waals surface area contributed by atoms with Gasteiger partial charge in [0, 0.05) is 11.8 Å². The molecule has 0 fully saturated rings. The van der Waals surface area contributed by atoms with Crippen molar-refractivity contribution in [1.29, 1.82) is 0 Å². The first-order valence-corrected chi connectivity index (χ1v) is 7.38. The third kappa shape index (κ3) is 3.64. The van der Waals surface area contributed by atoms with Gasteiger partial charge in [0.15, 0.2) is 0 Å². The predicted octanol–water partition coefficient (Wildman–Crippen LogP) is 3.64. The van der Waals surface area contributed by atoms with Crippen molar-refractivity contribution in [3.8, 4) is 0 Å². The molecule has 5 nitrogen and oxygen atoms in total. The Hall–Kier alpha value is -3.47. The quantitative estimate of drug-likeness (QED) is 0.556. The Bertz CT molecular complexity index is 803. The molecule has 0 radical (unpaired) electrons. The van der Waals surface area contributed by atoms with Crippen LogP contribution in [0.1, 0.15) is 21.6 Å². The minimum absolute atomic E-state index is 0.234. The highest BCUT2D eigenvalue weighted by Crippen LogP contribution is 2.12. The second kappa shape index (κ2) is 7.19. The number of aromatic nitrogens is 1. The van der Waals surface area contributed by atoms with Gasteiger partial charge in [0.2, 0.25) is 0 Å². The van der Waals surface area contributed by atoms with E-state index in [4.69, 9.17) is 5.11 Å². The van der Waals surface area contributed by atoms with Crippen LogP contribution in [-0.2, 0) is 0 Å². The fraction of sp³-hybridized carbons (Fsp3) is 0. The van der Waals surface area contributed by atoms with E-state index in [-0.39, 0.29) is 5.56 Å². The van der Waals surface area contributed by atoms with Gasteiger partial charge in [-0.2, -0.15) is 5.10 Å². The molecular formula is C19H15N3O2. The molecule has 0 unspecified atom stereocenters. The number of hydrogen-bond acceptors (Lipinski definition) is 4. The summed E-state index contributed by atoms with van der Waals surface area (Å²) in [6.07, 6.45) is 1.72. The lowest BCUT2D eigenvalue weighted by Crippen LogP contribution is -2.08. The van der Waals surface area contributed by atoms with Crippen molar-refractivity contribution >= 4 is 17.4 Å². The van der Waals surface area contributed by atoms with Crippen molar-refractivity contribution in [2.45, 2.75) is 0 Å². The number of carbonyl (C=O) groups is 1. The molecular weight excluding hydrogens is 302 g/mol. The summed E-state index contributed by atoms with van der Waals surface area (Å²) < 4.78 is 0. The summed E-state index contributed by atoms with van der Waals surface area (Å²) >= 11 is 0. The number of benzene rings is 2. The summed E-state index contributed by atoms with van der Waals surface area (Å²) in [6.45, 7) is 0. The fourth-order valence-corrected chi connectivity index (χ4v) is 2.18. The molecule has 0 aliphatic rings. The van der Waals surface area contributed by atoms with E-state index in [1.54, 1.807) is 18.3 Å². The number of pyridine rings is 1. The Morgan fingerprint density at radius 3 is 2.21 bits per heavy atom. The van der Waals surface area contributed by atoms with Crippen LogP contribution < -0.4 is 5.43 Å². The zero-order valence-electron chi connectivity index (χ0n) is 12.8. The molecule has 0 atom stereocenters. The van der Waals surface area contributed by atoms with Crippen LogP contribution in [0.4, 0.5) is 5.69 Å². The first-order chi connectivity index (χ1) is 11.7. The number of anilines is 1. The van der Waals surface area contributed by atoms with Crippen molar-refractivity contribution in [2.75, 3.05) is 5.43 Å². The zero-order valence-corrected chi connectivity index (χ0v) is 12.8. The van der Waals surface area contributed by atoms with Gasteiger partial charge in [-0.1, -0.05) is 36.4 Å². The van der Waals surface area contributed by atoms with Crippen LogP contribution in [0.15, 0.2) is 84.1 Å². The predicted molar refractivity (Wildman–Crippen MR) is 93.3 cm³/mol. The average molecular weight is 317 g/mol. The Balaban J connectivity index is 1.91.